The lowest BCUT2D eigenvalue weighted by Gasteiger charge is -2.14. The molecule has 7 aromatic carbocycles. The van der Waals surface area contributed by atoms with Gasteiger partial charge in [0.05, 0.1) is 0 Å². The molecule has 0 fully saturated rings. The minimum atomic E-state index is 0.298. The predicted molar refractivity (Wildman–Crippen MR) is 159 cm³/mol. The molecule has 1 nitrogen and oxygen atoms in total. The van der Waals surface area contributed by atoms with Crippen LogP contribution in [0.3, 0.4) is 0 Å². The summed E-state index contributed by atoms with van der Waals surface area (Å²) in [6.07, 6.45) is 4.24. The van der Waals surface area contributed by atoms with Crippen molar-refractivity contribution in [1.29, 1.82) is 0 Å². The van der Waals surface area contributed by atoms with E-state index in [9.17, 15) is 5.11 Å². The van der Waals surface area contributed by atoms with Gasteiger partial charge in [0.25, 0.3) is 0 Å². The summed E-state index contributed by atoms with van der Waals surface area (Å²) in [5.74, 6) is 0.298. The first-order valence-corrected chi connectivity index (χ1v) is 12.5. The zero-order chi connectivity index (χ0) is 25.0. The zero-order valence-corrected chi connectivity index (χ0v) is 20.4. The first-order chi connectivity index (χ1) is 18.3. The average Bonchev–Trinajstić information content (AvgIpc) is 2.97. The Morgan fingerprint density at radius 1 is 0.405 bits per heavy atom. The molecule has 176 valence electrons. The molecule has 0 atom stereocenters. The molecule has 0 saturated carbocycles. The lowest BCUT2D eigenvalue weighted by molar-refractivity contribution is 0.475. The van der Waals surface area contributed by atoms with Crippen molar-refractivity contribution in [1.82, 2.24) is 0 Å². The molecule has 7 aromatic rings. The lowest BCUT2D eigenvalue weighted by Crippen LogP contribution is -1.86. The molecule has 7 rings (SSSR count). The van der Waals surface area contributed by atoms with Crippen LogP contribution in [0, 0.1) is 0 Å². The molecule has 1 N–H and O–H groups in total. The van der Waals surface area contributed by atoms with E-state index in [0.29, 0.717) is 5.75 Å². The van der Waals surface area contributed by atoms with E-state index in [2.05, 4.69) is 91.0 Å². The minimum absolute atomic E-state index is 0.298. The summed E-state index contributed by atoms with van der Waals surface area (Å²) in [6, 6.07) is 47.7. The van der Waals surface area contributed by atoms with Gasteiger partial charge >= 0.3 is 0 Å². The topological polar surface area (TPSA) is 20.2 Å². The van der Waals surface area contributed by atoms with Gasteiger partial charge in [0.1, 0.15) is 5.75 Å². The van der Waals surface area contributed by atoms with Gasteiger partial charge in [-0.3, -0.25) is 0 Å². The van der Waals surface area contributed by atoms with E-state index in [1.54, 1.807) is 12.1 Å². The van der Waals surface area contributed by atoms with Crippen LogP contribution in [-0.2, 0) is 0 Å². The molecule has 0 spiro atoms. The molecule has 0 aromatic heterocycles. The van der Waals surface area contributed by atoms with Crippen molar-refractivity contribution in [3.05, 3.63) is 151 Å². The van der Waals surface area contributed by atoms with Crippen LogP contribution in [0.1, 0.15) is 11.1 Å². The Balaban J connectivity index is 0.000000155. The maximum absolute atomic E-state index is 9.54. The van der Waals surface area contributed by atoms with Gasteiger partial charge in [-0.1, -0.05) is 140 Å². The van der Waals surface area contributed by atoms with Gasteiger partial charge in [-0.05, 0) is 66.7 Å². The molecule has 0 radical (unpaired) electrons. The Morgan fingerprint density at radius 3 is 1.51 bits per heavy atom. The van der Waals surface area contributed by atoms with Crippen LogP contribution in [0.15, 0.2) is 140 Å². The van der Waals surface area contributed by atoms with Crippen LogP contribution in [0.4, 0.5) is 0 Å². The number of phenolic OH excluding ortho intramolecular Hbond substituents is 1. The molecule has 0 aliphatic heterocycles. The number of hydrogen-bond donors (Lipinski definition) is 1. The zero-order valence-electron chi connectivity index (χ0n) is 20.4. The van der Waals surface area contributed by atoms with E-state index in [1.165, 1.54) is 49.0 Å². The van der Waals surface area contributed by atoms with E-state index < -0.39 is 0 Å². The highest BCUT2D eigenvalue weighted by atomic mass is 16.3. The Bertz CT molecular complexity index is 1740. The van der Waals surface area contributed by atoms with Gasteiger partial charge in [-0.2, -0.15) is 0 Å². The summed E-state index contributed by atoms with van der Waals surface area (Å²) in [4.78, 5) is 0. The lowest BCUT2D eigenvalue weighted by atomic mass is 9.90. The third-order valence-electron chi connectivity index (χ3n) is 6.77. The average molecular weight is 475 g/mol. The molecule has 0 bridgehead atoms. The summed E-state index contributed by atoms with van der Waals surface area (Å²) in [7, 11) is 0. The fourth-order valence-corrected chi connectivity index (χ4v) is 4.95. The normalized spacial score (nSPS) is 11.2. The third kappa shape index (κ3) is 4.68. The quantitative estimate of drug-likeness (QED) is 0.200. The fourth-order valence-electron chi connectivity index (χ4n) is 4.95. The number of benzene rings is 7. The van der Waals surface area contributed by atoms with E-state index in [1.807, 2.05) is 48.5 Å². The molecule has 0 amide bonds. The Labute approximate surface area is 216 Å². The number of phenols is 1. The standard InChI is InChI=1S/C22H14O.C14H12/c23-18-10-6-14(7-11-18)19-12-8-17-5-4-15-2-1-3-16-9-13-20(19)22(17)21(15)16;1-3-7-13(8-4-1)11-12-14-9-5-2-6-10-14/h1-13,23H;1-12H. The highest BCUT2D eigenvalue weighted by molar-refractivity contribution is 6.25. The molecule has 0 saturated heterocycles. The summed E-state index contributed by atoms with van der Waals surface area (Å²) >= 11 is 0. The summed E-state index contributed by atoms with van der Waals surface area (Å²) in [5, 5.41) is 17.3. The van der Waals surface area contributed by atoms with Crippen LogP contribution < -0.4 is 0 Å². The van der Waals surface area contributed by atoms with Crippen molar-refractivity contribution in [3.8, 4) is 16.9 Å². The molecule has 1 heteroatoms. The molecule has 0 heterocycles. The molecule has 37 heavy (non-hydrogen) atoms. The highest BCUT2D eigenvalue weighted by Crippen LogP contribution is 2.39. The second-order valence-corrected chi connectivity index (χ2v) is 9.17. The first kappa shape index (κ1) is 22.6. The van der Waals surface area contributed by atoms with Crippen molar-refractivity contribution in [2.45, 2.75) is 0 Å². The molecule has 0 unspecified atom stereocenters. The monoisotopic (exact) mass is 474 g/mol. The Hall–Kier alpha value is -4.88. The van der Waals surface area contributed by atoms with Crippen molar-refractivity contribution >= 4 is 44.5 Å². The van der Waals surface area contributed by atoms with Crippen LogP contribution >= 0.6 is 0 Å². The van der Waals surface area contributed by atoms with Gasteiger partial charge < -0.3 is 5.11 Å². The van der Waals surface area contributed by atoms with E-state index >= 15 is 0 Å². The second kappa shape index (κ2) is 10.0. The SMILES string of the molecule is C(=Cc1ccccc1)c1ccccc1.Oc1ccc(-c2ccc3ccc4cccc5ccc2c3c45)cc1. The first-order valence-electron chi connectivity index (χ1n) is 12.5. The minimum Gasteiger partial charge on any atom is -0.508 e. The third-order valence-corrected chi connectivity index (χ3v) is 6.77. The summed E-state index contributed by atoms with van der Waals surface area (Å²) < 4.78 is 0. The van der Waals surface area contributed by atoms with Gasteiger partial charge in [0.2, 0.25) is 0 Å². The van der Waals surface area contributed by atoms with E-state index in [0.717, 1.165) is 5.56 Å². The molecular weight excluding hydrogens is 448 g/mol. The van der Waals surface area contributed by atoms with Crippen LogP contribution in [0.5, 0.6) is 5.75 Å². The van der Waals surface area contributed by atoms with E-state index in [4.69, 9.17) is 0 Å². The smallest absolute Gasteiger partial charge is 0.115 e. The second-order valence-electron chi connectivity index (χ2n) is 9.17. The number of hydrogen-bond acceptors (Lipinski definition) is 1. The summed E-state index contributed by atoms with van der Waals surface area (Å²) in [6.45, 7) is 0. The van der Waals surface area contributed by atoms with Gasteiger partial charge in [-0.25, -0.2) is 0 Å². The van der Waals surface area contributed by atoms with Crippen LogP contribution in [-0.4, -0.2) is 5.11 Å². The summed E-state index contributed by atoms with van der Waals surface area (Å²) in [5.41, 5.74) is 4.80. The molecule has 0 aliphatic carbocycles. The molecule has 0 aliphatic rings. The maximum Gasteiger partial charge on any atom is 0.115 e. The molecular formula is C36H26O. The van der Waals surface area contributed by atoms with Crippen LogP contribution in [0.2, 0.25) is 0 Å². The predicted octanol–water partition coefficient (Wildman–Crippen LogP) is 9.81. The largest absolute Gasteiger partial charge is 0.508 e. The van der Waals surface area contributed by atoms with Crippen molar-refractivity contribution in [3.63, 3.8) is 0 Å². The maximum atomic E-state index is 9.54. The van der Waals surface area contributed by atoms with Gasteiger partial charge in [0, 0.05) is 0 Å². The van der Waals surface area contributed by atoms with E-state index in [-0.39, 0.29) is 0 Å². The van der Waals surface area contributed by atoms with Crippen molar-refractivity contribution in [2.24, 2.45) is 0 Å². The Kier molecular flexibility index (Phi) is 6.10. The fraction of sp³-hybridized carbons (Fsp3) is 0. The number of rotatable bonds is 3. The van der Waals surface area contributed by atoms with Gasteiger partial charge in [-0.15, -0.1) is 0 Å². The van der Waals surface area contributed by atoms with Crippen LogP contribution in [0.25, 0.3) is 55.6 Å². The van der Waals surface area contributed by atoms with Crippen molar-refractivity contribution in [2.75, 3.05) is 0 Å². The van der Waals surface area contributed by atoms with Gasteiger partial charge in [0.15, 0.2) is 0 Å². The van der Waals surface area contributed by atoms with Crippen molar-refractivity contribution < 1.29 is 5.11 Å². The highest BCUT2D eigenvalue weighted by Gasteiger charge is 2.11. The Morgan fingerprint density at radius 2 is 0.919 bits per heavy atom. The number of aromatic hydroxyl groups is 1.